The molecule has 1 aliphatic rings. The molecule has 1 aliphatic heterocycles. The first-order valence-electron chi connectivity index (χ1n) is 5.26. The SMILES string of the molecule is CC1(C)CCN(c2cnc(Br)cn2)C(=O)C1. The van der Waals surface area contributed by atoms with Crippen molar-refractivity contribution in [3.8, 4) is 0 Å². The Hall–Kier alpha value is -0.970. The molecule has 0 aromatic carbocycles. The van der Waals surface area contributed by atoms with Gasteiger partial charge in [0.15, 0.2) is 5.82 Å². The Labute approximate surface area is 103 Å². The first-order valence-corrected chi connectivity index (χ1v) is 6.05. The highest BCUT2D eigenvalue weighted by Crippen LogP contribution is 2.32. The molecule has 0 atom stereocenters. The van der Waals surface area contributed by atoms with Gasteiger partial charge in [-0.1, -0.05) is 13.8 Å². The van der Waals surface area contributed by atoms with Crippen molar-refractivity contribution in [2.24, 2.45) is 5.41 Å². The highest BCUT2D eigenvalue weighted by molar-refractivity contribution is 9.10. The van der Waals surface area contributed by atoms with Gasteiger partial charge in [0, 0.05) is 13.0 Å². The summed E-state index contributed by atoms with van der Waals surface area (Å²) in [4.78, 5) is 21.9. The van der Waals surface area contributed by atoms with Crippen LogP contribution in [0.5, 0.6) is 0 Å². The molecule has 1 fully saturated rings. The minimum absolute atomic E-state index is 0.108. The molecule has 1 saturated heterocycles. The number of aromatic nitrogens is 2. The van der Waals surface area contributed by atoms with Crippen molar-refractivity contribution in [2.45, 2.75) is 26.7 Å². The second-order valence-electron chi connectivity index (χ2n) is 4.83. The number of piperidine rings is 1. The first kappa shape index (κ1) is 11.5. The van der Waals surface area contributed by atoms with E-state index in [9.17, 15) is 4.79 Å². The lowest BCUT2D eigenvalue weighted by Crippen LogP contribution is -2.42. The molecular formula is C11H14BrN3O. The van der Waals surface area contributed by atoms with Crippen LogP contribution in [0.25, 0.3) is 0 Å². The summed E-state index contributed by atoms with van der Waals surface area (Å²) in [5, 5.41) is 0. The maximum atomic E-state index is 11.9. The molecule has 0 unspecified atom stereocenters. The zero-order valence-corrected chi connectivity index (χ0v) is 11.0. The van der Waals surface area contributed by atoms with Gasteiger partial charge in [-0.15, -0.1) is 0 Å². The van der Waals surface area contributed by atoms with Gasteiger partial charge in [0.05, 0.1) is 12.4 Å². The molecule has 0 N–H and O–H groups in total. The standard InChI is InChI=1S/C11H14BrN3O/c1-11(2)3-4-15(10(16)5-11)9-7-13-8(12)6-14-9/h6-7H,3-5H2,1-2H3. The normalized spacial score (nSPS) is 19.9. The molecule has 86 valence electrons. The fraction of sp³-hybridized carbons (Fsp3) is 0.545. The molecule has 4 nitrogen and oxygen atoms in total. The first-order chi connectivity index (χ1) is 7.48. The van der Waals surface area contributed by atoms with Crippen molar-refractivity contribution in [3.63, 3.8) is 0 Å². The van der Waals surface area contributed by atoms with Crippen molar-refractivity contribution in [2.75, 3.05) is 11.4 Å². The molecule has 1 amide bonds. The monoisotopic (exact) mass is 283 g/mol. The van der Waals surface area contributed by atoms with Gasteiger partial charge < -0.3 is 0 Å². The Kier molecular flexibility index (Phi) is 2.97. The number of rotatable bonds is 1. The summed E-state index contributed by atoms with van der Waals surface area (Å²) >= 11 is 3.23. The van der Waals surface area contributed by atoms with E-state index in [1.54, 1.807) is 17.3 Å². The van der Waals surface area contributed by atoms with Crippen molar-refractivity contribution >= 4 is 27.7 Å². The van der Waals surface area contributed by atoms with Crippen LogP contribution in [-0.4, -0.2) is 22.4 Å². The number of carbonyl (C=O) groups excluding carboxylic acids is 1. The number of hydrogen-bond donors (Lipinski definition) is 0. The van der Waals surface area contributed by atoms with Crippen molar-refractivity contribution in [1.29, 1.82) is 0 Å². The average molecular weight is 284 g/mol. The van der Waals surface area contributed by atoms with Gasteiger partial charge >= 0.3 is 0 Å². The van der Waals surface area contributed by atoms with E-state index in [-0.39, 0.29) is 11.3 Å². The number of carbonyl (C=O) groups is 1. The van der Waals surface area contributed by atoms with Crippen LogP contribution in [0, 0.1) is 5.41 Å². The van der Waals surface area contributed by atoms with Gasteiger partial charge in [0.25, 0.3) is 0 Å². The minimum atomic E-state index is 0.108. The molecule has 16 heavy (non-hydrogen) atoms. The molecule has 2 rings (SSSR count). The quantitative estimate of drug-likeness (QED) is 0.795. The van der Waals surface area contributed by atoms with Gasteiger partial charge in [-0.05, 0) is 27.8 Å². The Morgan fingerprint density at radius 3 is 2.69 bits per heavy atom. The molecular weight excluding hydrogens is 270 g/mol. The maximum absolute atomic E-state index is 11.9. The Balaban J connectivity index is 2.17. The number of nitrogens with zero attached hydrogens (tertiary/aromatic N) is 3. The van der Waals surface area contributed by atoms with Gasteiger partial charge in [-0.3, -0.25) is 9.69 Å². The summed E-state index contributed by atoms with van der Waals surface area (Å²) in [6.07, 6.45) is 4.81. The number of amides is 1. The summed E-state index contributed by atoms with van der Waals surface area (Å²) < 4.78 is 0.682. The lowest BCUT2D eigenvalue weighted by Gasteiger charge is -2.35. The van der Waals surface area contributed by atoms with Crippen molar-refractivity contribution < 1.29 is 4.79 Å². The summed E-state index contributed by atoms with van der Waals surface area (Å²) in [6, 6.07) is 0. The third-order valence-corrected chi connectivity index (χ3v) is 3.24. The van der Waals surface area contributed by atoms with E-state index in [0.29, 0.717) is 16.8 Å². The molecule has 1 aromatic heterocycles. The molecule has 0 radical (unpaired) electrons. The van der Waals surface area contributed by atoms with Crippen LogP contribution >= 0.6 is 15.9 Å². The zero-order chi connectivity index (χ0) is 11.8. The zero-order valence-electron chi connectivity index (χ0n) is 9.40. The summed E-state index contributed by atoms with van der Waals surface area (Å²) in [5.74, 6) is 0.775. The van der Waals surface area contributed by atoms with Crippen LogP contribution in [0.2, 0.25) is 0 Å². The third kappa shape index (κ3) is 2.40. The Morgan fingerprint density at radius 2 is 2.12 bits per heavy atom. The lowest BCUT2D eigenvalue weighted by molar-refractivity contribution is -0.122. The highest BCUT2D eigenvalue weighted by atomic mass is 79.9. The Morgan fingerprint density at radius 1 is 1.38 bits per heavy atom. The molecule has 0 saturated carbocycles. The summed E-state index contributed by atoms with van der Waals surface area (Å²) in [6.45, 7) is 4.97. The van der Waals surface area contributed by atoms with E-state index in [2.05, 4.69) is 39.7 Å². The topological polar surface area (TPSA) is 46.1 Å². The van der Waals surface area contributed by atoms with E-state index in [1.807, 2.05) is 0 Å². The summed E-state index contributed by atoms with van der Waals surface area (Å²) in [5.41, 5.74) is 0.108. The van der Waals surface area contributed by atoms with E-state index >= 15 is 0 Å². The van der Waals surface area contributed by atoms with Crippen LogP contribution in [-0.2, 0) is 4.79 Å². The van der Waals surface area contributed by atoms with Crippen LogP contribution in [0.1, 0.15) is 26.7 Å². The fourth-order valence-electron chi connectivity index (χ4n) is 1.82. The van der Waals surface area contributed by atoms with Gasteiger partial charge in [0.1, 0.15) is 4.60 Å². The van der Waals surface area contributed by atoms with Gasteiger partial charge in [-0.2, -0.15) is 0 Å². The van der Waals surface area contributed by atoms with Crippen LogP contribution in [0.15, 0.2) is 17.0 Å². The predicted molar refractivity (Wildman–Crippen MR) is 65.1 cm³/mol. The molecule has 0 spiro atoms. The minimum Gasteiger partial charge on any atom is -0.296 e. The second-order valence-corrected chi connectivity index (χ2v) is 5.65. The van der Waals surface area contributed by atoms with E-state index < -0.39 is 0 Å². The van der Waals surface area contributed by atoms with E-state index in [0.717, 1.165) is 13.0 Å². The Bertz CT molecular complexity index is 402. The smallest absolute Gasteiger partial charge is 0.228 e. The number of halogens is 1. The van der Waals surface area contributed by atoms with Crippen LogP contribution in [0.4, 0.5) is 5.82 Å². The molecule has 5 heteroatoms. The van der Waals surface area contributed by atoms with Crippen molar-refractivity contribution in [3.05, 3.63) is 17.0 Å². The van der Waals surface area contributed by atoms with Gasteiger partial charge in [0.2, 0.25) is 5.91 Å². The molecule has 1 aromatic rings. The highest BCUT2D eigenvalue weighted by Gasteiger charge is 2.32. The number of hydrogen-bond acceptors (Lipinski definition) is 3. The summed E-state index contributed by atoms with van der Waals surface area (Å²) in [7, 11) is 0. The fourth-order valence-corrected chi connectivity index (χ4v) is 2.02. The largest absolute Gasteiger partial charge is 0.296 e. The predicted octanol–water partition coefficient (Wildman–Crippen LogP) is 2.39. The maximum Gasteiger partial charge on any atom is 0.228 e. The third-order valence-electron chi connectivity index (χ3n) is 2.83. The molecule has 0 bridgehead atoms. The van der Waals surface area contributed by atoms with Crippen LogP contribution < -0.4 is 4.90 Å². The van der Waals surface area contributed by atoms with Crippen molar-refractivity contribution in [1.82, 2.24) is 9.97 Å². The van der Waals surface area contributed by atoms with E-state index in [1.165, 1.54) is 0 Å². The average Bonchev–Trinajstić information content (AvgIpc) is 2.19. The molecule has 0 aliphatic carbocycles. The second kappa shape index (κ2) is 4.13. The van der Waals surface area contributed by atoms with Gasteiger partial charge in [-0.25, -0.2) is 9.97 Å². The number of anilines is 1. The lowest BCUT2D eigenvalue weighted by atomic mass is 9.82. The molecule has 2 heterocycles. The van der Waals surface area contributed by atoms with Crippen LogP contribution in [0.3, 0.4) is 0 Å². The van der Waals surface area contributed by atoms with E-state index in [4.69, 9.17) is 0 Å².